The number of nitrogens with one attached hydrogen (secondary N) is 1. The molecule has 0 atom stereocenters. The normalized spacial score (nSPS) is 13.9. The van der Waals surface area contributed by atoms with Crippen LogP contribution in [0.15, 0.2) is 77.7 Å². The predicted molar refractivity (Wildman–Crippen MR) is 135 cm³/mol. The molecule has 8 heteroatoms. The minimum absolute atomic E-state index is 0.158. The van der Waals surface area contributed by atoms with E-state index in [1.165, 1.54) is 55.5 Å². The topological polar surface area (TPSA) is 79.0 Å². The molecule has 1 heterocycles. The number of amides is 1. The fourth-order valence-electron chi connectivity index (χ4n) is 3.98. The first-order chi connectivity index (χ1) is 16.4. The Morgan fingerprint density at radius 2 is 1.50 bits per heavy atom. The Kier molecular flexibility index (Phi) is 7.07. The summed E-state index contributed by atoms with van der Waals surface area (Å²) in [6, 6.07) is 20.6. The highest BCUT2D eigenvalue weighted by Crippen LogP contribution is 2.25. The Morgan fingerprint density at radius 1 is 0.882 bits per heavy atom. The quantitative estimate of drug-likeness (QED) is 0.528. The zero-order valence-electron chi connectivity index (χ0n) is 19.4. The van der Waals surface area contributed by atoms with Gasteiger partial charge in [-0.05, 0) is 92.1 Å². The number of sulfonamides is 1. The van der Waals surface area contributed by atoms with Gasteiger partial charge < -0.3 is 15.0 Å². The van der Waals surface area contributed by atoms with E-state index in [2.05, 4.69) is 10.2 Å². The molecule has 7 nitrogen and oxygen atoms in total. The van der Waals surface area contributed by atoms with Crippen LogP contribution >= 0.6 is 0 Å². The smallest absolute Gasteiger partial charge is 0.264 e. The summed E-state index contributed by atoms with van der Waals surface area (Å²) in [5.41, 5.74) is 2.79. The summed E-state index contributed by atoms with van der Waals surface area (Å²) in [5, 5.41) is 2.90. The van der Waals surface area contributed by atoms with E-state index in [1.807, 2.05) is 24.3 Å². The van der Waals surface area contributed by atoms with E-state index in [4.69, 9.17) is 4.74 Å². The molecule has 0 bridgehead atoms. The van der Waals surface area contributed by atoms with E-state index in [9.17, 15) is 13.2 Å². The van der Waals surface area contributed by atoms with Gasteiger partial charge in [-0.1, -0.05) is 0 Å². The van der Waals surface area contributed by atoms with Gasteiger partial charge in [-0.3, -0.25) is 9.10 Å². The minimum Gasteiger partial charge on any atom is -0.497 e. The summed E-state index contributed by atoms with van der Waals surface area (Å²) >= 11 is 0. The first kappa shape index (κ1) is 23.6. The van der Waals surface area contributed by atoms with Crippen molar-refractivity contribution in [1.82, 2.24) is 0 Å². The van der Waals surface area contributed by atoms with Crippen molar-refractivity contribution in [3.8, 4) is 5.75 Å². The van der Waals surface area contributed by atoms with E-state index in [0.29, 0.717) is 22.7 Å². The zero-order chi connectivity index (χ0) is 24.1. The van der Waals surface area contributed by atoms with Gasteiger partial charge in [0, 0.05) is 37.1 Å². The average Bonchev–Trinajstić information content (AvgIpc) is 2.89. The monoisotopic (exact) mass is 479 g/mol. The number of hydrogen-bond acceptors (Lipinski definition) is 5. The summed E-state index contributed by atoms with van der Waals surface area (Å²) in [6.45, 7) is 2.14. The lowest BCUT2D eigenvalue weighted by Gasteiger charge is -2.28. The molecule has 1 N–H and O–H groups in total. The Morgan fingerprint density at radius 3 is 2.09 bits per heavy atom. The SMILES string of the molecule is COc1ccc(S(=O)(=O)N(C)c2ccc(C(=O)Nc3ccc(N4CCCCC4)cc3)cc2)cc1. The molecule has 1 aliphatic heterocycles. The Balaban J connectivity index is 1.41. The third-order valence-corrected chi connectivity index (χ3v) is 7.86. The van der Waals surface area contributed by atoms with E-state index in [-0.39, 0.29) is 10.8 Å². The van der Waals surface area contributed by atoms with Crippen molar-refractivity contribution in [3.05, 3.63) is 78.4 Å². The van der Waals surface area contributed by atoms with Crippen LogP contribution in [-0.4, -0.2) is 41.6 Å². The van der Waals surface area contributed by atoms with Gasteiger partial charge >= 0.3 is 0 Å². The summed E-state index contributed by atoms with van der Waals surface area (Å²) in [4.78, 5) is 15.2. The molecule has 1 saturated heterocycles. The zero-order valence-corrected chi connectivity index (χ0v) is 20.2. The second-order valence-electron chi connectivity index (χ2n) is 8.24. The van der Waals surface area contributed by atoms with Gasteiger partial charge in [0.25, 0.3) is 15.9 Å². The third kappa shape index (κ3) is 5.17. The molecular weight excluding hydrogens is 450 g/mol. The molecule has 1 aliphatic rings. The van der Waals surface area contributed by atoms with Crippen LogP contribution in [0.5, 0.6) is 5.75 Å². The van der Waals surface area contributed by atoms with Crippen LogP contribution in [0.3, 0.4) is 0 Å². The Labute approximate surface area is 201 Å². The number of piperidine rings is 1. The summed E-state index contributed by atoms with van der Waals surface area (Å²) in [6.07, 6.45) is 3.71. The maximum Gasteiger partial charge on any atom is 0.264 e. The van der Waals surface area contributed by atoms with Crippen molar-refractivity contribution >= 4 is 33.0 Å². The highest BCUT2D eigenvalue weighted by atomic mass is 32.2. The van der Waals surface area contributed by atoms with Gasteiger partial charge in [-0.25, -0.2) is 8.42 Å². The van der Waals surface area contributed by atoms with Gasteiger partial charge in [0.15, 0.2) is 0 Å². The molecule has 0 radical (unpaired) electrons. The number of ether oxygens (including phenoxy) is 1. The van der Waals surface area contributed by atoms with Crippen LogP contribution in [0.25, 0.3) is 0 Å². The molecule has 178 valence electrons. The number of carbonyl (C=O) groups excluding carboxylic acids is 1. The van der Waals surface area contributed by atoms with Crippen molar-refractivity contribution in [3.63, 3.8) is 0 Å². The number of hydrogen-bond donors (Lipinski definition) is 1. The van der Waals surface area contributed by atoms with Crippen molar-refractivity contribution in [2.75, 3.05) is 41.8 Å². The number of methoxy groups -OCH3 is 1. The Hall–Kier alpha value is -3.52. The van der Waals surface area contributed by atoms with E-state index >= 15 is 0 Å². The van der Waals surface area contributed by atoms with Crippen LogP contribution in [0, 0.1) is 0 Å². The summed E-state index contributed by atoms with van der Waals surface area (Å²) in [7, 11) is -0.728. The summed E-state index contributed by atoms with van der Waals surface area (Å²) < 4.78 is 32.2. The molecule has 1 fully saturated rings. The van der Waals surface area contributed by atoms with Gasteiger partial charge in [-0.2, -0.15) is 0 Å². The molecular formula is C26H29N3O4S. The molecule has 1 amide bonds. The highest BCUT2D eigenvalue weighted by Gasteiger charge is 2.21. The minimum atomic E-state index is -3.74. The first-order valence-corrected chi connectivity index (χ1v) is 12.7. The number of rotatable bonds is 7. The predicted octanol–water partition coefficient (Wildman–Crippen LogP) is 4.76. The van der Waals surface area contributed by atoms with Crippen LogP contribution in [0.1, 0.15) is 29.6 Å². The van der Waals surface area contributed by atoms with Crippen molar-refractivity contribution < 1.29 is 17.9 Å². The molecule has 0 aliphatic carbocycles. The highest BCUT2D eigenvalue weighted by molar-refractivity contribution is 7.92. The van der Waals surface area contributed by atoms with Crippen molar-refractivity contribution in [2.45, 2.75) is 24.2 Å². The molecule has 3 aromatic rings. The second-order valence-corrected chi connectivity index (χ2v) is 10.2. The van der Waals surface area contributed by atoms with E-state index < -0.39 is 10.0 Å². The maximum absolute atomic E-state index is 12.9. The van der Waals surface area contributed by atoms with E-state index in [1.54, 1.807) is 36.4 Å². The number of anilines is 3. The largest absolute Gasteiger partial charge is 0.497 e. The molecule has 34 heavy (non-hydrogen) atoms. The van der Waals surface area contributed by atoms with Crippen LogP contribution in [-0.2, 0) is 10.0 Å². The average molecular weight is 480 g/mol. The lowest BCUT2D eigenvalue weighted by Crippen LogP contribution is -2.29. The maximum atomic E-state index is 12.9. The van der Waals surface area contributed by atoms with Crippen LogP contribution < -0.4 is 19.3 Å². The lowest BCUT2D eigenvalue weighted by molar-refractivity contribution is 0.102. The molecule has 3 aromatic carbocycles. The summed E-state index contributed by atoms with van der Waals surface area (Å²) in [5.74, 6) is 0.330. The van der Waals surface area contributed by atoms with Crippen molar-refractivity contribution in [2.24, 2.45) is 0 Å². The Bertz CT molecular complexity index is 1220. The molecule has 0 unspecified atom stereocenters. The number of benzene rings is 3. The van der Waals surface area contributed by atoms with Gasteiger partial charge in [-0.15, -0.1) is 0 Å². The molecule has 0 aromatic heterocycles. The lowest BCUT2D eigenvalue weighted by atomic mass is 10.1. The fourth-order valence-corrected chi connectivity index (χ4v) is 5.17. The molecule has 0 saturated carbocycles. The first-order valence-electron chi connectivity index (χ1n) is 11.3. The second kappa shape index (κ2) is 10.2. The molecule has 4 rings (SSSR count). The number of carbonyl (C=O) groups is 1. The van der Waals surface area contributed by atoms with Crippen molar-refractivity contribution in [1.29, 1.82) is 0 Å². The van der Waals surface area contributed by atoms with Crippen LogP contribution in [0.2, 0.25) is 0 Å². The van der Waals surface area contributed by atoms with Gasteiger partial charge in [0.05, 0.1) is 17.7 Å². The fraction of sp³-hybridized carbons (Fsp3) is 0.269. The van der Waals surface area contributed by atoms with Gasteiger partial charge in [0.1, 0.15) is 5.75 Å². The number of nitrogens with zero attached hydrogens (tertiary/aromatic N) is 2. The standard InChI is InChI=1S/C26H29N3O4S/c1-28(34(31,32)25-16-14-24(33-2)15-17-25)22-10-6-20(7-11-22)26(30)27-21-8-12-23(13-9-21)29-18-4-3-5-19-29/h6-17H,3-5,18-19H2,1-2H3,(H,27,30). The molecule has 0 spiro atoms. The van der Waals surface area contributed by atoms with E-state index in [0.717, 1.165) is 13.1 Å². The third-order valence-electron chi connectivity index (χ3n) is 6.06. The van der Waals surface area contributed by atoms with Crippen LogP contribution in [0.4, 0.5) is 17.1 Å². The van der Waals surface area contributed by atoms with Gasteiger partial charge in [0.2, 0.25) is 0 Å².